The first-order chi connectivity index (χ1) is 14.5. The maximum absolute atomic E-state index is 12.9. The van der Waals surface area contributed by atoms with Crippen molar-refractivity contribution >= 4 is 28.6 Å². The third-order valence-corrected chi connectivity index (χ3v) is 4.61. The maximum atomic E-state index is 12.9. The van der Waals surface area contributed by atoms with Crippen LogP contribution in [-0.2, 0) is 16.6 Å². The molecule has 0 radical (unpaired) electrons. The molecule has 2 amide bonds. The molecular formula is C22H23N3O5. The third kappa shape index (κ3) is 4.12. The van der Waals surface area contributed by atoms with Crippen LogP contribution in [0.3, 0.4) is 0 Å². The van der Waals surface area contributed by atoms with E-state index in [9.17, 15) is 14.4 Å². The highest BCUT2D eigenvalue weighted by molar-refractivity contribution is 6.06. The zero-order chi connectivity index (χ0) is 21.7. The van der Waals surface area contributed by atoms with E-state index in [1.54, 1.807) is 39.3 Å². The van der Waals surface area contributed by atoms with Gasteiger partial charge in [-0.3, -0.25) is 19.5 Å². The van der Waals surface area contributed by atoms with Crippen molar-refractivity contribution in [2.75, 3.05) is 25.6 Å². The van der Waals surface area contributed by atoms with E-state index in [2.05, 4.69) is 10.6 Å². The average molecular weight is 409 g/mol. The Morgan fingerprint density at radius 3 is 2.40 bits per heavy atom. The van der Waals surface area contributed by atoms with E-state index in [1.807, 2.05) is 30.3 Å². The van der Waals surface area contributed by atoms with E-state index in [0.29, 0.717) is 27.6 Å². The molecule has 3 rings (SSSR count). The van der Waals surface area contributed by atoms with Gasteiger partial charge in [-0.05, 0) is 24.4 Å². The maximum Gasteiger partial charge on any atom is 0.325 e. The van der Waals surface area contributed by atoms with Crippen LogP contribution < -0.4 is 20.9 Å². The highest BCUT2D eigenvalue weighted by Crippen LogP contribution is 2.38. The number of rotatable bonds is 6. The number of benzene rings is 2. The smallest absolute Gasteiger partial charge is 0.325 e. The van der Waals surface area contributed by atoms with Crippen LogP contribution >= 0.6 is 0 Å². The number of fused-ring (bicyclic) bond motifs is 1. The number of ether oxygens (including phenoxy) is 2. The Balaban J connectivity index is 2.14. The minimum atomic E-state index is -0.635. The number of carbonyl (C=O) groups excluding carboxylic acids is 2. The van der Waals surface area contributed by atoms with Crippen LogP contribution in [0.15, 0.2) is 53.3 Å². The first-order valence-corrected chi connectivity index (χ1v) is 9.43. The molecule has 8 nitrogen and oxygen atoms in total. The normalized spacial score (nSPS) is 10.5. The Morgan fingerprint density at radius 2 is 1.70 bits per heavy atom. The van der Waals surface area contributed by atoms with Crippen molar-refractivity contribution < 1.29 is 19.1 Å². The molecule has 0 fully saturated rings. The highest BCUT2D eigenvalue weighted by Gasteiger charge is 2.20. The molecule has 3 aromatic rings. The van der Waals surface area contributed by atoms with Crippen molar-refractivity contribution in [2.45, 2.75) is 6.92 Å². The quantitative estimate of drug-likeness (QED) is 0.610. The number of hydrogen-bond acceptors (Lipinski definition) is 5. The minimum Gasteiger partial charge on any atom is -0.496 e. The summed E-state index contributed by atoms with van der Waals surface area (Å²) in [6, 6.07) is 13.9. The second-order valence-corrected chi connectivity index (χ2v) is 6.45. The van der Waals surface area contributed by atoms with Crippen molar-refractivity contribution in [2.24, 2.45) is 7.05 Å². The molecule has 0 unspecified atom stereocenters. The van der Waals surface area contributed by atoms with Gasteiger partial charge < -0.3 is 14.8 Å². The Bertz CT molecular complexity index is 1150. The van der Waals surface area contributed by atoms with Crippen molar-refractivity contribution in [1.29, 1.82) is 0 Å². The predicted molar refractivity (Wildman–Crippen MR) is 115 cm³/mol. The third-order valence-electron chi connectivity index (χ3n) is 4.61. The van der Waals surface area contributed by atoms with Gasteiger partial charge in [-0.25, -0.2) is 4.79 Å². The van der Waals surface area contributed by atoms with Crippen LogP contribution in [0.1, 0.15) is 6.92 Å². The zero-order valence-electron chi connectivity index (χ0n) is 17.0. The highest BCUT2D eigenvalue weighted by atomic mass is 16.5. The summed E-state index contributed by atoms with van der Waals surface area (Å²) in [5.41, 5.74) is 1.09. The Morgan fingerprint density at radius 1 is 1.03 bits per heavy atom. The number of anilines is 1. The van der Waals surface area contributed by atoms with E-state index in [1.165, 1.54) is 4.57 Å². The lowest BCUT2D eigenvalue weighted by Gasteiger charge is -2.19. The number of para-hydroxylation sites is 1. The summed E-state index contributed by atoms with van der Waals surface area (Å²) in [7, 11) is 3.14. The number of urea groups is 1. The monoisotopic (exact) mass is 409 g/mol. The van der Waals surface area contributed by atoms with Gasteiger partial charge in [0.25, 0.3) is 5.56 Å². The van der Waals surface area contributed by atoms with Gasteiger partial charge in [0.1, 0.15) is 18.1 Å². The second kappa shape index (κ2) is 9.13. The molecule has 0 bridgehead atoms. The molecule has 8 heteroatoms. The van der Waals surface area contributed by atoms with Crippen LogP contribution in [0.4, 0.5) is 10.6 Å². The molecule has 0 aliphatic heterocycles. The molecule has 0 aliphatic rings. The van der Waals surface area contributed by atoms with Gasteiger partial charge in [-0.15, -0.1) is 0 Å². The summed E-state index contributed by atoms with van der Waals surface area (Å²) < 4.78 is 11.7. The van der Waals surface area contributed by atoms with Crippen LogP contribution in [0.25, 0.3) is 21.9 Å². The van der Waals surface area contributed by atoms with Gasteiger partial charge in [0.15, 0.2) is 0 Å². The van der Waals surface area contributed by atoms with Crippen molar-refractivity contribution in [3.63, 3.8) is 0 Å². The fourth-order valence-electron chi connectivity index (χ4n) is 3.25. The topological polar surface area (TPSA) is 98.7 Å². The average Bonchev–Trinajstić information content (AvgIpc) is 2.76. The van der Waals surface area contributed by atoms with Gasteiger partial charge in [-0.2, -0.15) is 0 Å². The van der Waals surface area contributed by atoms with E-state index >= 15 is 0 Å². The molecule has 0 saturated carbocycles. The molecule has 156 valence electrons. The molecule has 0 atom stereocenters. The molecule has 30 heavy (non-hydrogen) atoms. The molecule has 0 saturated heterocycles. The number of nitrogens with zero attached hydrogens (tertiary/aromatic N) is 1. The molecule has 2 aromatic carbocycles. The summed E-state index contributed by atoms with van der Waals surface area (Å²) in [6.07, 6.45) is 0. The predicted octanol–water partition coefficient (Wildman–Crippen LogP) is 2.90. The summed E-state index contributed by atoms with van der Waals surface area (Å²) >= 11 is 0. The molecule has 0 aliphatic carbocycles. The van der Waals surface area contributed by atoms with Gasteiger partial charge in [0, 0.05) is 23.6 Å². The Labute approximate surface area is 173 Å². The van der Waals surface area contributed by atoms with E-state index in [-0.39, 0.29) is 24.5 Å². The fraction of sp³-hybridized carbons (Fsp3) is 0.227. The standard InChI is InChI=1S/C22H23N3O5/c1-4-30-18(26)13-23-22(28)24-20-19(16-11-7-8-12-17(16)29-3)14-9-5-6-10-15(14)21(27)25(20)2/h5-12H,4,13H2,1-3H3,(H2,23,24,28). The number of pyridine rings is 1. The van der Waals surface area contributed by atoms with Gasteiger partial charge in [0.05, 0.1) is 13.7 Å². The number of amides is 2. The van der Waals surface area contributed by atoms with Crippen molar-refractivity contribution in [1.82, 2.24) is 9.88 Å². The van der Waals surface area contributed by atoms with Crippen molar-refractivity contribution in [3.05, 3.63) is 58.9 Å². The molecule has 1 heterocycles. The molecule has 1 aromatic heterocycles. The van der Waals surface area contributed by atoms with Crippen LogP contribution in [0, 0.1) is 0 Å². The van der Waals surface area contributed by atoms with Gasteiger partial charge in [-0.1, -0.05) is 36.4 Å². The number of aromatic nitrogens is 1. The summed E-state index contributed by atoms with van der Waals surface area (Å²) in [5, 5.41) is 6.34. The summed E-state index contributed by atoms with van der Waals surface area (Å²) in [4.78, 5) is 36.9. The molecular weight excluding hydrogens is 386 g/mol. The lowest BCUT2D eigenvalue weighted by atomic mass is 9.98. The van der Waals surface area contributed by atoms with E-state index in [4.69, 9.17) is 9.47 Å². The van der Waals surface area contributed by atoms with Crippen LogP contribution in [0.2, 0.25) is 0 Å². The zero-order valence-corrected chi connectivity index (χ0v) is 17.0. The number of nitrogens with one attached hydrogen (secondary N) is 2. The minimum absolute atomic E-state index is 0.221. The first kappa shape index (κ1) is 20.9. The van der Waals surface area contributed by atoms with Crippen LogP contribution in [0.5, 0.6) is 5.75 Å². The van der Waals surface area contributed by atoms with E-state index in [0.717, 1.165) is 0 Å². The Kier molecular flexibility index (Phi) is 6.36. The number of carbonyl (C=O) groups is 2. The number of esters is 1. The van der Waals surface area contributed by atoms with Crippen LogP contribution in [-0.4, -0.2) is 36.8 Å². The molecule has 0 spiro atoms. The lowest BCUT2D eigenvalue weighted by Crippen LogP contribution is -2.36. The van der Waals surface area contributed by atoms with Gasteiger partial charge >= 0.3 is 12.0 Å². The fourth-order valence-corrected chi connectivity index (χ4v) is 3.25. The molecule has 2 N–H and O–H groups in total. The largest absolute Gasteiger partial charge is 0.496 e. The van der Waals surface area contributed by atoms with Gasteiger partial charge in [0.2, 0.25) is 0 Å². The first-order valence-electron chi connectivity index (χ1n) is 9.43. The second-order valence-electron chi connectivity index (χ2n) is 6.45. The van der Waals surface area contributed by atoms with E-state index < -0.39 is 12.0 Å². The Hall–Kier alpha value is -3.81. The summed E-state index contributed by atoms with van der Waals surface area (Å²) in [5.74, 6) is 0.325. The lowest BCUT2D eigenvalue weighted by molar-refractivity contribution is -0.141. The SMILES string of the molecule is CCOC(=O)CNC(=O)Nc1c(-c2ccccc2OC)c2ccccc2c(=O)n1C. The van der Waals surface area contributed by atoms with Crippen molar-refractivity contribution in [3.8, 4) is 16.9 Å². The number of hydrogen-bond donors (Lipinski definition) is 2. The number of methoxy groups -OCH3 is 1. The summed E-state index contributed by atoms with van der Waals surface area (Å²) in [6.45, 7) is 1.62.